The van der Waals surface area contributed by atoms with E-state index >= 15 is 13.2 Å². The number of carbonyl (C=O) groups excluding carboxylic acids is 1. The molecule has 0 radical (unpaired) electrons. The Bertz CT molecular complexity index is 2320. The van der Waals surface area contributed by atoms with E-state index < -0.39 is 55.7 Å². The Morgan fingerprint density at radius 2 is 1.87 bits per heavy atom. The monoisotopic (exact) mass is 765 g/mol. The molecular weight excluding hydrogens is 720 g/mol. The van der Waals surface area contributed by atoms with Gasteiger partial charge in [0.1, 0.15) is 11.6 Å². The molecule has 0 saturated heterocycles. The Labute approximate surface area is 313 Å². The van der Waals surface area contributed by atoms with E-state index in [1.54, 1.807) is 21.0 Å². The molecule has 2 aromatic heterocycles. The maximum atomic E-state index is 16.0. The number of halogens is 3. The highest BCUT2D eigenvalue weighted by Gasteiger charge is 2.37. The smallest absolute Gasteiger partial charge is 0.308 e. The van der Waals surface area contributed by atoms with Crippen molar-refractivity contribution < 1.29 is 35.9 Å². The van der Waals surface area contributed by atoms with Gasteiger partial charge in [-0.25, -0.2) is 26.9 Å². The number of aryl methyl sites for hydroxylation is 1. The van der Waals surface area contributed by atoms with Gasteiger partial charge >= 0.3 is 5.97 Å². The second-order valence-electron chi connectivity index (χ2n) is 15.3. The average Bonchev–Trinajstić information content (AvgIpc) is 3.76. The number of esters is 1. The van der Waals surface area contributed by atoms with Gasteiger partial charge in [-0.05, 0) is 74.0 Å². The minimum Gasteiger partial charge on any atom is -0.469 e. The van der Waals surface area contributed by atoms with Crippen LogP contribution in [0.15, 0.2) is 54.7 Å². The molecule has 0 fully saturated rings. The van der Waals surface area contributed by atoms with Gasteiger partial charge in [-0.1, -0.05) is 51.5 Å². The van der Waals surface area contributed by atoms with Crippen LogP contribution in [0.3, 0.4) is 0 Å². The van der Waals surface area contributed by atoms with E-state index in [2.05, 4.69) is 10.3 Å². The van der Waals surface area contributed by atoms with Gasteiger partial charge in [-0.15, -0.1) is 0 Å². The van der Waals surface area contributed by atoms with Crippen LogP contribution in [-0.2, 0) is 38.3 Å². The number of aromatic amines is 1. The first-order valence-corrected chi connectivity index (χ1v) is 19.7. The number of rotatable bonds is 5. The van der Waals surface area contributed by atoms with Crippen LogP contribution >= 0.6 is 0 Å². The van der Waals surface area contributed by atoms with Crippen molar-refractivity contribution >= 4 is 26.7 Å². The molecule has 5 aromatic rings. The first-order chi connectivity index (χ1) is 25.5. The topological polar surface area (TPSA) is 128 Å². The number of benzene rings is 3. The molecule has 1 unspecified atom stereocenters. The molecule has 0 aliphatic carbocycles. The van der Waals surface area contributed by atoms with Gasteiger partial charge in [0.15, 0.2) is 33.1 Å². The number of sulfone groups is 1. The van der Waals surface area contributed by atoms with E-state index in [0.717, 1.165) is 17.2 Å². The summed E-state index contributed by atoms with van der Waals surface area (Å²) in [5.41, 5.74) is 0.259. The third-order valence-corrected chi connectivity index (χ3v) is 12.6. The van der Waals surface area contributed by atoms with Crippen molar-refractivity contribution in [1.82, 2.24) is 25.1 Å². The third-order valence-electron chi connectivity index (χ3n) is 10.5. The minimum absolute atomic E-state index is 0.0110. The number of aromatic nitrogens is 4. The minimum atomic E-state index is -3.81. The first-order valence-electron chi connectivity index (χ1n) is 17.9. The summed E-state index contributed by atoms with van der Waals surface area (Å²) in [7, 11) is 0.741. The van der Waals surface area contributed by atoms with Gasteiger partial charge in [-0.3, -0.25) is 4.79 Å². The molecule has 54 heavy (non-hydrogen) atoms. The zero-order chi connectivity index (χ0) is 39.2. The Morgan fingerprint density at radius 3 is 2.59 bits per heavy atom. The van der Waals surface area contributed by atoms with Gasteiger partial charge in [0.05, 0.1) is 47.1 Å². The van der Waals surface area contributed by atoms with Crippen LogP contribution in [0.2, 0.25) is 0 Å². The average molecular weight is 766 g/mol. The van der Waals surface area contributed by atoms with Gasteiger partial charge in [0.25, 0.3) is 0 Å². The van der Waals surface area contributed by atoms with Crippen molar-refractivity contribution in [1.29, 1.82) is 0 Å². The molecule has 2 N–H and O–H groups in total. The number of hydrogen-bond acceptors (Lipinski definition) is 8. The van der Waals surface area contributed by atoms with Crippen molar-refractivity contribution in [3.8, 4) is 22.9 Å². The van der Waals surface area contributed by atoms with Crippen molar-refractivity contribution in [2.45, 2.75) is 64.8 Å². The number of nitrogens with one attached hydrogen (secondary N) is 2. The Balaban J connectivity index is 1.53. The highest BCUT2D eigenvalue weighted by atomic mass is 32.2. The molecule has 1 aliphatic heterocycles. The van der Waals surface area contributed by atoms with Crippen LogP contribution in [0.25, 0.3) is 22.3 Å². The van der Waals surface area contributed by atoms with Crippen molar-refractivity contribution in [2.24, 2.45) is 18.4 Å². The summed E-state index contributed by atoms with van der Waals surface area (Å²) in [6.07, 6.45) is 3.50. The predicted octanol–water partition coefficient (Wildman–Crippen LogP) is 7.72. The van der Waals surface area contributed by atoms with E-state index in [4.69, 9.17) is 19.6 Å². The van der Waals surface area contributed by atoms with Gasteiger partial charge in [0, 0.05) is 24.2 Å². The van der Waals surface area contributed by atoms with Crippen molar-refractivity contribution in [3.05, 3.63) is 94.7 Å². The zero-order valence-corrected chi connectivity index (χ0v) is 32.3. The number of methoxy groups -OCH3 is 1. The lowest BCUT2D eigenvalue weighted by Crippen LogP contribution is -2.32. The highest BCUT2D eigenvalue weighted by Crippen LogP contribution is 2.43. The lowest BCUT2D eigenvalue weighted by atomic mass is 9.75. The molecule has 10 nitrogen and oxygen atoms in total. The Kier molecular flexibility index (Phi) is 10.7. The van der Waals surface area contributed by atoms with Crippen molar-refractivity contribution in [2.75, 3.05) is 25.7 Å². The van der Waals surface area contributed by atoms with E-state index in [-0.39, 0.29) is 51.2 Å². The molecule has 14 heteroatoms. The number of carbonyl (C=O) groups is 1. The maximum absolute atomic E-state index is 16.0. The number of hydrogen-bond donors (Lipinski definition) is 2. The number of fused-ring (bicyclic) bond motifs is 8. The molecule has 3 heterocycles. The van der Waals surface area contributed by atoms with Crippen LogP contribution in [0.5, 0.6) is 11.5 Å². The SMILES string of the molecule is CNC1CS(=O)(=O)CC(C)(C)CCC[C@](C)(c2cccc(C[C@@H](C)C(=O)OC)c2)c2nc(n(C)n2)-c2cc(ccc2F)Oc2c(F)c(F)c3[nH]ccc3c21. The maximum Gasteiger partial charge on any atom is 0.308 e. The van der Waals surface area contributed by atoms with E-state index in [1.807, 2.05) is 45.0 Å². The largest absolute Gasteiger partial charge is 0.469 e. The normalized spacial score (nSPS) is 20.7. The number of ether oxygens (including phenoxy) is 2. The second-order valence-corrected chi connectivity index (χ2v) is 17.4. The van der Waals surface area contributed by atoms with E-state index in [9.17, 15) is 13.2 Å². The molecule has 6 rings (SSSR count). The summed E-state index contributed by atoms with van der Waals surface area (Å²) in [6, 6.07) is 12.1. The van der Waals surface area contributed by atoms with Gasteiger partial charge in [0.2, 0.25) is 5.82 Å². The summed E-state index contributed by atoms with van der Waals surface area (Å²) in [5.74, 6) is -4.40. The second kappa shape index (κ2) is 14.9. The van der Waals surface area contributed by atoms with E-state index in [1.165, 1.54) is 36.2 Å². The zero-order valence-electron chi connectivity index (χ0n) is 31.5. The first kappa shape index (κ1) is 39.0. The lowest BCUT2D eigenvalue weighted by molar-refractivity contribution is -0.144. The summed E-state index contributed by atoms with van der Waals surface area (Å²) >= 11 is 0. The number of nitrogens with zero attached hydrogens (tertiary/aromatic N) is 3. The number of H-pyrrole nitrogens is 1. The summed E-state index contributed by atoms with van der Waals surface area (Å²) in [5, 5.41) is 8.05. The molecule has 0 amide bonds. The summed E-state index contributed by atoms with van der Waals surface area (Å²) in [4.78, 5) is 19.9. The summed E-state index contributed by atoms with van der Waals surface area (Å²) < 4.78 is 87.7. The lowest BCUT2D eigenvalue weighted by Gasteiger charge is -2.31. The standard InChI is InChI=1S/C40H46F3N5O5S/c1-23(37(49)52-7)18-24-10-8-11-25(19-24)40(4)16-9-15-39(2,3)22-54(50,51)21-30(44-5)31-27-14-17-45-34(27)32(42)33(43)35(31)53-26-12-13-29(41)28(20-26)36-46-38(40)47-48(36)6/h8,10-14,17,19-20,23,30,44-45H,9,15-16,18,21-22H2,1-7H3/t23-,30?,40-/m1/s1. The molecule has 4 bridgehead atoms. The molecule has 0 spiro atoms. The van der Waals surface area contributed by atoms with Gasteiger partial charge < -0.3 is 19.8 Å². The van der Waals surface area contributed by atoms with Crippen LogP contribution in [0.4, 0.5) is 13.2 Å². The van der Waals surface area contributed by atoms with Crippen LogP contribution in [0.1, 0.15) is 75.5 Å². The molecular formula is C40H46F3N5O5S. The molecule has 0 saturated carbocycles. The fourth-order valence-electron chi connectivity index (χ4n) is 7.66. The van der Waals surface area contributed by atoms with Gasteiger partial charge in [-0.2, -0.15) is 9.49 Å². The molecule has 1 aliphatic rings. The van der Waals surface area contributed by atoms with Crippen LogP contribution in [-0.4, -0.2) is 59.8 Å². The molecule has 3 aromatic carbocycles. The van der Waals surface area contributed by atoms with Crippen molar-refractivity contribution in [3.63, 3.8) is 0 Å². The Hall–Kier alpha value is -4.69. The highest BCUT2D eigenvalue weighted by molar-refractivity contribution is 7.91. The quantitative estimate of drug-likeness (QED) is 0.174. The fourth-order valence-corrected chi connectivity index (χ4v) is 9.95. The third kappa shape index (κ3) is 7.63. The van der Waals surface area contributed by atoms with Crippen LogP contribution in [0, 0.1) is 28.8 Å². The van der Waals surface area contributed by atoms with E-state index in [0.29, 0.717) is 31.5 Å². The summed E-state index contributed by atoms with van der Waals surface area (Å²) in [6.45, 7) is 7.59. The van der Waals surface area contributed by atoms with Crippen LogP contribution < -0.4 is 10.1 Å². The Morgan fingerprint density at radius 1 is 1.11 bits per heavy atom. The predicted molar refractivity (Wildman–Crippen MR) is 201 cm³/mol. The fraction of sp³-hybridized carbons (Fsp3) is 0.425. The molecule has 3 atom stereocenters. The molecule has 288 valence electrons.